The smallest absolute Gasteiger partial charge is 0.211 e. The molecule has 0 radical (unpaired) electrons. The Hall–Kier alpha value is -0.180. The first-order chi connectivity index (χ1) is 4.38. The normalized spacial score (nSPS) is 26.1. The predicted octanol–water partition coefficient (Wildman–Crippen LogP) is 2.64. The molecule has 0 aliphatic heterocycles. The van der Waals surface area contributed by atoms with Crippen LogP contribution in [0.15, 0.2) is 9.15 Å². The highest BCUT2D eigenvalue weighted by Crippen LogP contribution is 2.37. The lowest BCUT2D eigenvalue weighted by Crippen LogP contribution is -2.07. The minimum absolute atomic E-state index is 0.412. The molecule has 3 heteroatoms. The zero-order chi connectivity index (χ0) is 6.27. The molecule has 1 aromatic rings. The van der Waals surface area contributed by atoms with Crippen LogP contribution >= 0.6 is 15.9 Å². The standard InChI is InChI=1S/C6H7BrO2/c7-4-2-1-3-5-6(4)9-8-5/h4H,1-3H2. The lowest BCUT2D eigenvalue weighted by atomic mass is 10.0. The van der Waals surface area contributed by atoms with Crippen LogP contribution in [0.3, 0.4) is 0 Å². The highest BCUT2D eigenvalue weighted by molar-refractivity contribution is 9.09. The summed E-state index contributed by atoms with van der Waals surface area (Å²) in [5.41, 5.74) is 0. The summed E-state index contributed by atoms with van der Waals surface area (Å²) in [5.74, 6) is 2.06. The van der Waals surface area contributed by atoms with Crippen LogP contribution in [0.2, 0.25) is 0 Å². The number of aryl methyl sites for hydroxylation is 1. The number of hydrogen-bond acceptors (Lipinski definition) is 2. The lowest BCUT2D eigenvalue weighted by molar-refractivity contribution is -0.0391. The fourth-order valence-corrected chi connectivity index (χ4v) is 1.77. The molecule has 0 bridgehead atoms. The monoisotopic (exact) mass is 190 g/mol. The average Bonchev–Trinajstić information content (AvgIpc) is 1.74. The summed E-state index contributed by atoms with van der Waals surface area (Å²) in [4.78, 5) is 0.412. The first kappa shape index (κ1) is 5.59. The van der Waals surface area contributed by atoms with Crippen molar-refractivity contribution in [1.29, 1.82) is 0 Å². The molecule has 0 fully saturated rings. The predicted molar refractivity (Wildman–Crippen MR) is 35.6 cm³/mol. The summed E-state index contributed by atoms with van der Waals surface area (Å²) in [5, 5.41) is 0. The quantitative estimate of drug-likeness (QED) is 0.465. The summed E-state index contributed by atoms with van der Waals surface area (Å²) >= 11 is 3.48. The molecule has 0 aromatic carbocycles. The van der Waals surface area contributed by atoms with Crippen molar-refractivity contribution in [1.82, 2.24) is 0 Å². The van der Waals surface area contributed by atoms with E-state index in [2.05, 4.69) is 15.9 Å². The van der Waals surface area contributed by atoms with Crippen LogP contribution in [0.5, 0.6) is 0 Å². The third-order valence-electron chi connectivity index (χ3n) is 1.65. The Kier molecular flexibility index (Phi) is 1.18. The minimum atomic E-state index is 0.412. The van der Waals surface area contributed by atoms with E-state index in [1.54, 1.807) is 0 Å². The first-order valence-corrected chi connectivity index (χ1v) is 4.01. The molecule has 1 unspecified atom stereocenters. The Morgan fingerprint density at radius 3 is 2.78 bits per heavy atom. The first-order valence-electron chi connectivity index (χ1n) is 3.09. The Morgan fingerprint density at radius 2 is 2.33 bits per heavy atom. The number of alkyl halides is 1. The van der Waals surface area contributed by atoms with E-state index in [0.29, 0.717) is 4.83 Å². The van der Waals surface area contributed by atoms with Crippen LogP contribution in [-0.4, -0.2) is 0 Å². The second-order valence-corrected chi connectivity index (χ2v) is 3.42. The van der Waals surface area contributed by atoms with Gasteiger partial charge in [-0.3, -0.25) is 9.15 Å². The van der Waals surface area contributed by atoms with E-state index < -0.39 is 0 Å². The number of halogens is 1. The number of rotatable bonds is 0. The Labute approximate surface area is 61.3 Å². The van der Waals surface area contributed by atoms with Gasteiger partial charge in [0.25, 0.3) is 0 Å². The molecule has 1 heterocycles. The third kappa shape index (κ3) is 0.748. The van der Waals surface area contributed by atoms with E-state index >= 15 is 0 Å². The van der Waals surface area contributed by atoms with Gasteiger partial charge < -0.3 is 0 Å². The van der Waals surface area contributed by atoms with Crippen molar-refractivity contribution in [3.05, 3.63) is 11.5 Å². The van der Waals surface area contributed by atoms with Crippen LogP contribution < -0.4 is 0 Å². The second-order valence-electron chi connectivity index (χ2n) is 2.31. The van der Waals surface area contributed by atoms with E-state index in [0.717, 1.165) is 17.9 Å². The van der Waals surface area contributed by atoms with Gasteiger partial charge in [0.05, 0.1) is 4.83 Å². The molecule has 0 amide bonds. The zero-order valence-corrected chi connectivity index (χ0v) is 6.48. The molecular weight excluding hydrogens is 184 g/mol. The summed E-state index contributed by atoms with van der Waals surface area (Å²) in [6.45, 7) is 0. The maximum absolute atomic E-state index is 4.78. The summed E-state index contributed by atoms with van der Waals surface area (Å²) in [6, 6.07) is 0. The lowest BCUT2D eigenvalue weighted by Gasteiger charge is -2.17. The van der Waals surface area contributed by atoms with Gasteiger partial charge in [-0.1, -0.05) is 15.9 Å². The average molecular weight is 191 g/mol. The van der Waals surface area contributed by atoms with Gasteiger partial charge in [0, 0.05) is 6.42 Å². The number of hydrogen-bond donors (Lipinski definition) is 0. The molecule has 1 atom stereocenters. The topological polar surface area (TPSA) is 26.3 Å². The van der Waals surface area contributed by atoms with E-state index in [-0.39, 0.29) is 0 Å². The maximum atomic E-state index is 4.78. The molecule has 0 spiro atoms. The second kappa shape index (κ2) is 1.90. The minimum Gasteiger partial charge on any atom is -0.291 e. The van der Waals surface area contributed by atoms with Crippen molar-refractivity contribution in [2.75, 3.05) is 0 Å². The highest BCUT2D eigenvalue weighted by Gasteiger charge is 2.26. The van der Waals surface area contributed by atoms with Crippen LogP contribution in [0.25, 0.3) is 0 Å². The third-order valence-corrected chi connectivity index (χ3v) is 2.53. The SMILES string of the molecule is BrC1CCCc2ooc21. The molecule has 1 aromatic heterocycles. The highest BCUT2D eigenvalue weighted by atomic mass is 79.9. The molecule has 9 heavy (non-hydrogen) atoms. The van der Waals surface area contributed by atoms with Crippen molar-refractivity contribution in [2.24, 2.45) is 0 Å². The molecule has 1 aliphatic rings. The molecule has 0 saturated heterocycles. The van der Waals surface area contributed by atoms with E-state index in [1.165, 1.54) is 12.8 Å². The van der Waals surface area contributed by atoms with Gasteiger partial charge in [0.2, 0.25) is 5.76 Å². The van der Waals surface area contributed by atoms with Crippen molar-refractivity contribution < 1.29 is 9.15 Å². The Balaban J connectivity index is 2.28. The Bertz CT molecular complexity index is 201. The zero-order valence-electron chi connectivity index (χ0n) is 4.89. The molecular formula is C6H7BrO2. The van der Waals surface area contributed by atoms with Gasteiger partial charge in [-0.25, -0.2) is 0 Å². The van der Waals surface area contributed by atoms with Crippen LogP contribution in [0.1, 0.15) is 29.2 Å². The van der Waals surface area contributed by atoms with E-state index in [1.807, 2.05) is 0 Å². The van der Waals surface area contributed by atoms with Gasteiger partial charge in [-0.2, -0.15) is 0 Å². The van der Waals surface area contributed by atoms with Crippen LogP contribution in [-0.2, 0) is 6.42 Å². The van der Waals surface area contributed by atoms with Gasteiger partial charge in [-0.15, -0.1) is 0 Å². The van der Waals surface area contributed by atoms with Crippen LogP contribution in [0.4, 0.5) is 0 Å². The van der Waals surface area contributed by atoms with Gasteiger partial charge in [-0.05, 0) is 12.8 Å². The van der Waals surface area contributed by atoms with E-state index in [9.17, 15) is 0 Å². The van der Waals surface area contributed by atoms with Crippen molar-refractivity contribution in [3.8, 4) is 0 Å². The summed E-state index contributed by atoms with van der Waals surface area (Å²) in [7, 11) is 0. The summed E-state index contributed by atoms with van der Waals surface area (Å²) < 4.78 is 9.53. The molecule has 0 N–H and O–H groups in total. The van der Waals surface area contributed by atoms with Crippen molar-refractivity contribution in [2.45, 2.75) is 24.1 Å². The van der Waals surface area contributed by atoms with Crippen molar-refractivity contribution >= 4 is 15.9 Å². The van der Waals surface area contributed by atoms with Crippen molar-refractivity contribution in [3.63, 3.8) is 0 Å². The van der Waals surface area contributed by atoms with Crippen LogP contribution in [0, 0.1) is 0 Å². The van der Waals surface area contributed by atoms with Gasteiger partial charge in [0.15, 0.2) is 5.76 Å². The molecule has 0 saturated carbocycles. The summed E-state index contributed by atoms with van der Waals surface area (Å²) in [6.07, 6.45) is 3.43. The fourth-order valence-electron chi connectivity index (χ4n) is 1.11. The van der Waals surface area contributed by atoms with Gasteiger partial charge >= 0.3 is 0 Å². The fraction of sp³-hybridized carbons (Fsp3) is 0.667. The maximum Gasteiger partial charge on any atom is 0.211 e. The molecule has 50 valence electrons. The van der Waals surface area contributed by atoms with E-state index in [4.69, 9.17) is 9.15 Å². The Morgan fingerprint density at radius 1 is 1.44 bits per heavy atom. The van der Waals surface area contributed by atoms with Gasteiger partial charge in [0.1, 0.15) is 0 Å². The molecule has 1 aliphatic carbocycles. The largest absolute Gasteiger partial charge is 0.291 e. The molecule has 2 nitrogen and oxygen atoms in total. The number of fused-ring (bicyclic) bond motifs is 1. The molecule has 2 rings (SSSR count).